The van der Waals surface area contributed by atoms with Gasteiger partial charge in [-0.2, -0.15) is 8.93 Å². The number of guanidine groups is 1. The second kappa shape index (κ2) is 14.2. The van der Waals surface area contributed by atoms with Crippen molar-refractivity contribution in [1.29, 1.82) is 5.41 Å². The van der Waals surface area contributed by atoms with Crippen molar-refractivity contribution < 1.29 is 26.5 Å². The molecule has 0 saturated carbocycles. The minimum atomic E-state index is -3.98. The minimum absolute atomic E-state index is 0.0235. The van der Waals surface area contributed by atoms with Gasteiger partial charge >= 0.3 is 0 Å². The maximum atomic E-state index is 13.3. The molecule has 0 spiro atoms. The van der Waals surface area contributed by atoms with Crippen molar-refractivity contribution in [2.24, 2.45) is 11.7 Å². The number of nitrogen functional groups attached to an aromatic ring is 1. The van der Waals surface area contributed by atoms with Gasteiger partial charge in [0.2, 0.25) is 15.9 Å². The third-order valence-corrected chi connectivity index (χ3v) is 7.96. The van der Waals surface area contributed by atoms with Gasteiger partial charge in [0.25, 0.3) is 11.4 Å². The van der Waals surface area contributed by atoms with Crippen LogP contribution in [0.25, 0.3) is 10.8 Å². The summed E-state index contributed by atoms with van der Waals surface area (Å²) in [5, 5.41) is 12.3. The lowest BCUT2D eigenvalue weighted by Crippen LogP contribution is -2.51. The molecule has 216 valence electrons. The molecule has 1 saturated heterocycles. The maximum absolute atomic E-state index is 13.3. The molecule has 40 heavy (non-hydrogen) atoms. The van der Waals surface area contributed by atoms with Gasteiger partial charge in [0.15, 0.2) is 5.96 Å². The van der Waals surface area contributed by atoms with E-state index in [9.17, 15) is 13.2 Å². The molecule has 3 aromatic carbocycles. The fraction of sp³-hybridized carbons (Fsp3) is 0.308. The van der Waals surface area contributed by atoms with Gasteiger partial charge in [-0.3, -0.25) is 19.3 Å². The molecule has 12 nitrogen and oxygen atoms in total. The summed E-state index contributed by atoms with van der Waals surface area (Å²) in [5.41, 5.74) is 12.8. The van der Waals surface area contributed by atoms with Gasteiger partial charge in [-0.1, -0.05) is 42.5 Å². The first-order chi connectivity index (χ1) is 18.9. The van der Waals surface area contributed by atoms with Gasteiger partial charge in [0.1, 0.15) is 6.04 Å². The second-order valence-corrected chi connectivity index (χ2v) is 11.6. The van der Waals surface area contributed by atoms with Crippen LogP contribution < -0.4 is 21.5 Å². The Kier molecular flexibility index (Phi) is 11.0. The van der Waals surface area contributed by atoms with Crippen LogP contribution >= 0.6 is 0 Å². The summed E-state index contributed by atoms with van der Waals surface area (Å²) in [6, 6.07) is 18.4. The summed E-state index contributed by atoms with van der Waals surface area (Å²) in [6.07, 6.45) is 1.95. The van der Waals surface area contributed by atoms with Crippen LogP contribution in [-0.4, -0.2) is 64.2 Å². The van der Waals surface area contributed by atoms with Crippen LogP contribution in [-0.2, 0) is 32.6 Å². The van der Waals surface area contributed by atoms with E-state index >= 15 is 0 Å². The molecule has 4 rings (SSSR count). The summed E-state index contributed by atoms with van der Waals surface area (Å²) < 4.78 is 52.1. The van der Waals surface area contributed by atoms with Gasteiger partial charge in [-0.05, 0) is 65.8 Å². The number of hydrogen-bond acceptors (Lipinski definition) is 6. The predicted molar refractivity (Wildman–Crippen MR) is 155 cm³/mol. The number of piperidine rings is 1. The van der Waals surface area contributed by atoms with Crippen molar-refractivity contribution in [3.8, 4) is 0 Å². The predicted octanol–water partition coefficient (Wildman–Crippen LogP) is 1.71. The van der Waals surface area contributed by atoms with E-state index in [0.717, 1.165) is 35.7 Å². The highest BCUT2D eigenvalue weighted by atomic mass is 32.2. The Morgan fingerprint density at radius 2 is 1.75 bits per heavy atom. The Labute approximate surface area is 235 Å². The zero-order valence-corrected chi connectivity index (χ0v) is 23.3. The van der Waals surface area contributed by atoms with Gasteiger partial charge in [-0.25, -0.2) is 8.42 Å². The third kappa shape index (κ3) is 9.27. The summed E-state index contributed by atoms with van der Waals surface area (Å²) in [7, 11) is -3.98. The largest absolute Gasteiger partial charge is 0.399 e. The topological polar surface area (TPSA) is 212 Å². The Hall–Kier alpha value is -3.56. The normalized spacial score (nSPS) is 16.2. The van der Waals surface area contributed by atoms with Crippen LogP contribution in [0.2, 0.25) is 0 Å². The summed E-state index contributed by atoms with van der Waals surface area (Å²) in [6.45, 7) is 1.69. The number of anilines is 1. The van der Waals surface area contributed by atoms with Crippen molar-refractivity contribution in [2.45, 2.75) is 30.2 Å². The van der Waals surface area contributed by atoms with E-state index in [-0.39, 0.29) is 23.2 Å². The maximum Gasteiger partial charge on any atom is 0.299 e. The Balaban J connectivity index is 0.00000103. The number of sulfonamides is 1. The van der Waals surface area contributed by atoms with Crippen molar-refractivity contribution in [2.75, 3.05) is 25.4 Å². The van der Waals surface area contributed by atoms with E-state index in [1.165, 1.54) is 0 Å². The van der Waals surface area contributed by atoms with Crippen molar-refractivity contribution in [3.05, 3.63) is 72.3 Å². The molecular weight excluding hydrogens is 556 g/mol. The molecule has 1 aliphatic heterocycles. The molecule has 14 heteroatoms. The Bertz CT molecular complexity index is 1450. The molecule has 0 aromatic heterocycles. The quantitative estimate of drug-likeness (QED) is 0.0879. The molecule has 3 aromatic rings. The number of nitrogens with zero attached hydrogens (tertiary/aromatic N) is 1. The van der Waals surface area contributed by atoms with E-state index in [1.807, 2.05) is 24.3 Å². The molecular formula is C26H34N6O6S2. The van der Waals surface area contributed by atoms with E-state index < -0.39 is 33.3 Å². The fourth-order valence-electron chi connectivity index (χ4n) is 4.49. The summed E-state index contributed by atoms with van der Waals surface area (Å²) >= 11 is -2.61. The standard InChI is InChI=1S/C26H32N6O3S.H2O3S/c27-22-10-7-18(8-11-22)14-24(25(33)30-16-19-4-3-13-32(17-19)26(28)29)31-36(34,35)23-12-9-20-5-1-2-6-21(20)15-23;1-4(2)3/h1-2,5-12,15,19,24,31H,3-4,13-14,16-17,27H2,(H3,28,29)(H,30,33);(H2,1,2,3)/t19?,24-;/m1./s1. The van der Waals surface area contributed by atoms with E-state index in [2.05, 4.69) is 10.0 Å². The molecule has 1 fully saturated rings. The molecule has 1 unspecified atom stereocenters. The van der Waals surface area contributed by atoms with Gasteiger partial charge in [0, 0.05) is 25.3 Å². The average Bonchev–Trinajstić information content (AvgIpc) is 2.92. The Morgan fingerprint density at radius 1 is 1.10 bits per heavy atom. The summed E-state index contributed by atoms with van der Waals surface area (Å²) in [4.78, 5) is 15.1. The molecule has 1 heterocycles. The fourth-order valence-corrected chi connectivity index (χ4v) is 5.72. The zero-order valence-electron chi connectivity index (χ0n) is 21.7. The Morgan fingerprint density at radius 3 is 2.40 bits per heavy atom. The second-order valence-electron chi connectivity index (χ2n) is 9.44. The van der Waals surface area contributed by atoms with Gasteiger partial charge in [0.05, 0.1) is 4.90 Å². The number of carbonyl (C=O) groups is 1. The van der Waals surface area contributed by atoms with Gasteiger partial charge in [-0.15, -0.1) is 0 Å². The highest BCUT2D eigenvalue weighted by Crippen LogP contribution is 2.20. The molecule has 9 N–H and O–H groups in total. The van der Waals surface area contributed by atoms with Crippen LogP contribution in [0.3, 0.4) is 0 Å². The lowest BCUT2D eigenvalue weighted by molar-refractivity contribution is -0.122. The van der Waals surface area contributed by atoms with Crippen LogP contribution in [0.4, 0.5) is 5.69 Å². The number of nitrogens with one attached hydrogen (secondary N) is 3. The van der Waals surface area contributed by atoms with Crippen LogP contribution in [0.1, 0.15) is 18.4 Å². The highest BCUT2D eigenvalue weighted by molar-refractivity contribution is 7.89. The molecule has 0 aliphatic carbocycles. The first-order valence-electron chi connectivity index (χ1n) is 12.5. The van der Waals surface area contributed by atoms with Crippen LogP contribution in [0, 0.1) is 11.3 Å². The van der Waals surface area contributed by atoms with E-state index in [1.54, 1.807) is 47.4 Å². The first-order valence-corrected chi connectivity index (χ1v) is 15.0. The number of carbonyl (C=O) groups excluding carboxylic acids is 1. The first kappa shape index (κ1) is 31.0. The minimum Gasteiger partial charge on any atom is -0.399 e. The van der Waals surface area contributed by atoms with E-state index in [4.69, 9.17) is 30.2 Å². The number of fused-ring (bicyclic) bond motifs is 1. The number of benzene rings is 3. The average molecular weight is 591 g/mol. The SMILES string of the molecule is N=C(N)N1CCCC(CNC(=O)[C@@H](Cc2ccc(N)cc2)NS(=O)(=O)c2ccc3ccccc3c2)C1.O=S(O)O. The van der Waals surface area contributed by atoms with Crippen molar-refractivity contribution in [1.82, 2.24) is 14.9 Å². The number of rotatable bonds is 8. The highest BCUT2D eigenvalue weighted by Gasteiger charge is 2.28. The monoisotopic (exact) mass is 590 g/mol. The molecule has 1 amide bonds. The van der Waals surface area contributed by atoms with Crippen LogP contribution in [0.5, 0.6) is 0 Å². The van der Waals surface area contributed by atoms with Gasteiger partial charge < -0.3 is 21.7 Å². The van der Waals surface area contributed by atoms with E-state index in [0.29, 0.717) is 18.8 Å². The van der Waals surface area contributed by atoms with Crippen molar-refractivity contribution in [3.63, 3.8) is 0 Å². The molecule has 2 atom stereocenters. The molecule has 1 aliphatic rings. The number of hydrogen-bond donors (Lipinski definition) is 7. The number of amides is 1. The number of likely N-dealkylation sites (tertiary alicyclic amines) is 1. The smallest absolute Gasteiger partial charge is 0.299 e. The van der Waals surface area contributed by atoms with Crippen LogP contribution in [0.15, 0.2) is 71.6 Å². The summed E-state index contributed by atoms with van der Waals surface area (Å²) in [5.74, 6) is -0.257. The lowest BCUT2D eigenvalue weighted by Gasteiger charge is -2.33. The molecule has 0 bridgehead atoms. The molecule has 0 radical (unpaired) electrons. The third-order valence-electron chi connectivity index (χ3n) is 6.49. The van der Waals surface area contributed by atoms with Crippen molar-refractivity contribution >= 4 is 49.7 Å². The zero-order chi connectivity index (χ0) is 29.3. The lowest BCUT2D eigenvalue weighted by atomic mass is 9.98. The number of nitrogens with two attached hydrogens (primary N) is 2.